The number of hydrogen-bond acceptors (Lipinski definition) is 4. The summed E-state index contributed by atoms with van der Waals surface area (Å²) in [5, 5.41) is 8.71. The Morgan fingerprint density at radius 1 is 1.11 bits per heavy atom. The molecular formula is C13H27N3O2. The van der Waals surface area contributed by atoms with Crippen LogP contribution in [-0.2, 0) is 4.79 Å². The largest absolute Gasteiger partial charge is 0.396 e. The minimum Gasteiger partial charge on any atom is -0.396 e. The van der Waals surface area contributed by atoms with E-state index < -0.39 is 0 Å². The number of amides is 1. The number of aliphatic hydroxyl groups is 1. The van der Waals surface area contributed by atoms with Crippen molar-refractivity contribution in [1.29, 1.82) is 0 Å². The quantitative estimate of drug-likeness (QED) is 0.645. The number of unbranched alkanes of at least 4 members (excludes halogenated alkanes) is 2. The molecule has 1 amide bonds. The second kappa shape index (κ2) is 8.45. The second-order valence-corrected chi connectivity index (χ2v) is 5.24. The summed E-state index contributed by atoms with van der Waals surface area (Å²) in [5.41, 5.74) is 0. The lowest BCUT2D eigenvalue weighted by atomic mass is 10.2. The first-order chi connectivity index (χ1) is 8.63. The van der Waals surface area contributed by atoms with E-state index in [0.717, 1.165) is 52.0 Å². The van der Waals surface area contributed by atoms with Crippen molar-refractivity contribution in [2.75, 3.05) is 60.0 Å². The van der Waals surface area contributed by atoms with E-state index in [0.29, 0.717) is 13.2 Å². The lowest BCUT2D eigenvalue weighted by Gasteiger charge is -2.35. The predicted molar refractivity (Wildman–Crippen MR) is 72.5 cm³/mol. The molecule has 0 aliphatic carbocycles. The van der Waals surface area contributed by atoms with Crippen molar-refractivity contribution in [3.8, 4) is 0 Å². The lowest BCUT2D eigenvalue weighted by Crippen LogP contribution is -2.50. The van der Waals surface area contributed by atoms with Gasteiger partial charge in [-0.1, -0.05) is 0 Å². The highest BCUT2D eigenvalue weighted by molar-refractivity contribution is 5.78. The molecule has 1 saturated heterocycles. The topological polar surface area (TPSA) is 47.0 Å². The highest BCUT2D eigenvalue weighted by atomic mass is 16.2. The summed E-state index contributed by atoms with van der Waals surface area (Å²) in [7, 11) is 3.85. The maximum atomic E-state index is 11.9. The van der Waals surface area contributed by atoms with Crippen molar-refractivity contribution in [1.82, 2.24) is 14.7 Å². The van der Waals surface area contributed by atoms with Gasteiger partial charge in [-0.2, -0.15) is 0 Å². The fourth-order valence-electron chi connectivity index (χ4n) is 2.22. The molecule has 1 fully saturated rings. The number of rotatable bonds is 7. The molecule has 1 aliphatic heterocycles. The molecule has 0 saturated carbocycles. The molecule has 0 aromatic heterocycles. The predicted octanol–water partition coefficient (Wildman–Crippen LogP) is -0.145. The molecule has 1 heterocycles. The Morgan fingerprint density at radius 3 is 2.33 bits per heavy atom. The van der Waals surface area contributed by atoms with Crippen LogP contribution in [0.1, 0.15) is 19.3 Å². The minimum atomic E-state index is 0.236. The molecule has 0 atom stereocenters. The minimum absolute atomic E-state index is 0.236. The Labute approximate surface area is 110 Å². The third-order valence-electron chi connectivity index (χ3n) is 3.31. The molecule has 106 valence electrons. The van der Waals surface area contributed by atoms with Crippen LogP contribution in [0.3, 0.4) is 0 Å². The SMILES string of the molecule is CN(C)CC(=O)N1CCN(CCCCCO)CC1. The van der Waals surface area contributed by atoms with Gasteiger partial charge in [-0.3, -0.25) is 9.69 Å². The van der Waals surface area contributed by atoms with E-state index in [1.165, 1.54) is 0 Å². The molecule has 1 N–H and O–H groups in total. The number of carbonyl (C=O) groups excluding carboxylic acids is 1. The van der Waals surface area contributed by atoms with Gasteiger partial charge in [0.25, 0.3) is 0 Å². The Kier molecular flexibility index (Phi) is 7.23. The fraction of sp³-hybridized carbons (Fsp3) is 0.923. The molecule has 0 bridgehead atoms. The molecule has 0 radical (unpaired) electrons. The summed E-state index contributed by atoms with van der Waals surface area (Å²) in [4.78, 5) is 18.1. The zero-order valence-corrected chi connectivity index (χ0v) is 11.8. The summed E-state index contributed by atoms with van der Waals surface area (Å²) in [6, 6.07) is 0. The summed E-state index contributed by atoms with van der Waals surface area (Å²) >= 11 is 0. The van der Waals surface area contributed by atoms with Crippen LogP contribution in [0.4, 0.5) is 0 Å². The van der Waals surface area contributed by atoms with E-state index in [1.54, 1.807) is 0 Å². The fourth-order valence-corrected chi connectivity index (χ4v) is 2.22. The van der Waals surface area contributed by atoms with Crippen LogP contribution in [0.25, 0.3) is 0 Å². The third kappa shape index (κ3) is 5.80. The van der Waals surface area contributed by atoms with Crippen LogP contribution < -0.4 is 0 Å². The zero-order valence-electron chi connectivity index (χ0n) is 11.8. The van der Waals surface area contributed by atoms with Crippen LogP contribution in [0.5, 0.6) is 0 Å². The Morgan fingerprint density at radius 2 is 1.78 bits per heavy atom. The van der Waals surface area contributed by atoms with Crippen LogP contribution in [0.2, 0.25) is 0 Å². The smallest absolute Gasteiger partial charge is 0.236 e. The Balaban J connectivity index is 2.14. The highest BCUT2D eigenvalue weighted by Gasteiger charge is 2.20. The van der Waals surface area contributed by atoms with Gasteiger partial charge >= 0.3 is 0 Å². The van der Waals surface area contributed by atoms with Crippen molar-refractivity contribution in [3.05, 3.63) is 0 Å². The van der Waals surface area contributed by atoms with E-state index in [2.05, 4.69) is 4.90 Å². The monoisotopic (exact) mass is 257 g/mol. The van der Waals surface area contributed by atoms with Gasteiger partial charge in [0.1, 0.15) is 0 Å². The van der Waals surface area contributed by atoms with E-state index >= 15 is 0 Å². The Hall–Kier alpha value is -0.650. The number of piperazine rings is 1. The van der Waals surface area contributed by atoms with Crippen LogP contribution in [-0.4, -0.2) is 85.7 Å². The first-order valence-electron chi connectivity index (χ1n) is 6.89. The van der Waals surface area contributed by atoms with E-state index in [-0.39, 0.29) is 5.91 Å². The van der Waals surface area contributed by atoms with Gasteiger partial charge in [0, 0.05) is 32.8 Å². The van der Waals surface area contributed by atoms with Gasteiger partial charge < -0.3 is 14.9 Å². The van der Waals surface area contributed by atoms with E-state index in [1.807, 2.05) is 23.9 Å². The van der Waals surface area contributed by atoms with Crippen molar-refractivity contribution in [2.45, 2.75) is 19.3 Å². The number of likely N-dealkylation sites (N-methyl/N-ethyl adjacent to an activating group) is 1. The first-order valence-corrected chi connectivity index (χ1v) is 6.89. The van der Waals surface area contributed by atoms with E-state index in [4.69, 9.17) is 5.11 Å². The maximum Gasteiger partial charge on any atom is 0.236 e. The first kappa shape index (κ1) is 15.4. The highest BCUT2D eigenvalue weighted by Crippen LogP contribution is 2.05. The molecule has 0 aromatic carbocycles. The van der Waals surface area contributed by atoms with Crippen molar-refractivity contribution in [2.24, 2.45) is 0 Å². The summed E-state index contributed by atoms with van der Waals surface area (Å²) < 4.78 is 0. The molecule has 5 nitrogen and oxygen atoms in total. The van der Waals surface area contributed by atoms with Gasteiger partial charge in [0.05, 0.1) is 6.54 Å². The van der Waals surface area contributed by atoms with Gasteiger partial charge in [0.2, 0.25) is 5.91 Å². The third-order valence-corrected chi connectivity index (χ3v) is 3.31. The van der Waals surface area contributed by atoms with Crippen LogP contribution in [0.15, 0.2) is 0 Å². The lowest BCUT2D eigenvalue weighted by molar-refractivity contribution is -0.133. The normalized spacial score (nSPS) is 17.4. The molecule has 5 heteroatoms. The maximum absolute atomic E-state index is 11.9. The standard InChI is InChI=1S/C13H27N3O2/c1-14(2)12-13(18)16-9-7-15(8-10-16)6-4-3-5-11-17/h17H,3-12H2,1-2H3. The average Bonchev–Trinajstić information content (AvgIpc) is 2.34. The Bertz CT molecular complexity index is 238. The van der Waals surface area contributed by atoms with Crippen LogP contribution in [0, 0.1) is 0 Å². The van der Waals surface area contributed by atoms with Gasteiger partial charge in [-0.15, -0.1) is 0 Å². The summed E-state index contributed by atoms with van der Waals surface area (Å²) in [5.74, 6) is 0.236. The molecule has 1 rings (SSSR count). The molecule has 0 unspecified atom stereocenters. The molecule has 18 heavy (non-hydrogen) atoms. The van der Waals surface area contributed by atoms with Gasteiger partial charge in [0.15, 0.2) is 0 Å². The number of nitrogens with zero attached hydrogens (tertiary/aromatic N) is 3. The number of carbonyl (C=O) groups is 1. The van der Waals surface area contributed by atoms with Crippen molar-refractivity contribution < 1.29 is 9.90 Å². The number of aliphatic hydroxyl groups excluding tert-OH is 1. The van der Waals surface area contributed by atoms with Gasteiger partial charge in [-0.25, -0.2) is 0 Å². The van der Waals surface area contributed by atoms with Gasteiger partial charge in [-0.05, 0) is 39.9 Å². The zero-order chi connectivity index (χ0) is 13.4. The summed E-state index contributed by atoms with van der Waals surface area (Å²) in [6.07, 6.45) is 3.14. The molecule has 1 aliphatic rings. The molecular weight excluding hydrogens is 230 g/mol. The van der Waals surface area contributed by atoms with Crippen molar-refractivity contribution >= 4 is 5.91 Å². The van der Waals surface area contributed by atoms with Crippen molar-refractivity contribution in [3.63, 3.8) is 0 Å². The average molecular weight is 257 g/mol. The molecule has 0 aromatic rings. The van der Waals surface area contributed by atoms with E-state index in [9.17, 15) is 4.79 Å². The van der Waals surface area contributed by atoms with Crippen LogP contribution >= 0.6 is 0 Å². The second-order valence-electron chi connectivity index (χ2n) is 5.24. The molecule has 0 spiro atoms. The summed E-state index contributed by atoms with van der Waals surface area (Å²) in [6.45, 7) is 5.58. The number of hydrogen-bond donors (Lipinski definition) is 1.